The second-order valence-corrected chi connectivity index (χ2v) is 7.12. The van der Waals surface area contributed by atoms with Gasteiger partial charge in [-0.1, -0.05) is 18.2 Å². The van der Waals surface area contributed by atoms with E-state index in [9.17, 15) is 18.0 Å². The van der Waals surface area contributed by atoms with Crippen molar-refractivity contribution in [2.24, 2.45) is 7.05 Å². The largest absolute Gasteiger partial charge is 0.433 e. The summed E-state index contributed by atoms with van der Waals surface area (Å²) >= 11 is 1.15. The predicted molar refractivity (Wildman–Crippen MR) is 93.3 cm³/mol. The molecule has 0 aliphatic carbocycles. The Morgan fingerprint density at radius 2 is 1.96 bits per heavy atom. The molecule has 3 heterocycles. The Hall–Kier alpha value is -2.61. The van der Waals surface area contributed by atoms with Crippen LogP contribution in [0, 0.1) is 0 Å². The Morgan fingerprint density at radius 1 is 1.19 bits per heavy atom. The number of nitrogens with zero attached hydrogens (tertiary/aromatic N) is 3. The molecule has 2 aromatic heterocycles. The SMILES string of the molecule is Cn1nc(-c2ccc(C(=O)N3CCc4ccccc43)s2)cc1C(F)(F)F. The number of fused-ring (bicyclic) bond motifs is 1. The summed E-state index contributed by atoms with van der Waals surface area (Å²) in [5.41, 5.74) is 1.41. The van der Waals surface area contributed by atoms with Gasteiger partial charge in [0.05, 0.1) is 9.75 Å². The van der Waals surface area contributed by atoms with Crippen molar-refractivity contribution in [1.82, 2.24) is 9.78 Å². The highest BCUT2D eigenvalue weighted by Gasteiger charge is 2.35. The highest BCUT2D eigenvalue weighted by atomic mass is 32.1. The lowest BCUT2D eigenvalue weighted by Crippen LogP contribution is -2.28. The molecule has 0 radical (unpaired) electrons. The van der Waals surface area contributed by atoms with E-state index in [2.05, 4.69) is 5.10 Å². The van der Waals surface area contributed by atoms with E-state index in [0.717, 1.165) is 39.8 Å². The molecule has 1 aliphatic heterocycles. The smallest absolute Gasteiger partial charge is 0.307 e. The molecular formula is C18H14F3N3OS. The normalized spacial score (nSPS) is 13.9. The van der Waals surface area contributed by atoms with Crippen molar-refractivity contribution < 1.29 is 18.0 Å². The molecule has 4 nitrogen and oxygen atoms in total. The second-order valence-electron chi connectivity index (χ2n) is 6.04. The number of thiophene rings is 1. The van der Waals surface area contributed by atoms with Crippen molar-refractivity contribution in [2.75, 3.05) is 11.4 Å². The second kappa shape index (κ2) is 5.98. The Balaban J connectivity index is 1.62. The van der Waals surface area contributed by atoms with Crippen LogP contribution in [0.5, 0.6) is 0 Å². The molecule has 0 saturated heterocycles. The van der Waals surface area contributed by atoms with E-state index >= 15 is 0 Å². The lowest BCUT2D eigenvalue weighted by molar-refractivity contribution is -0.143. The standard InChI is InChI=1S/C18H14F3N3OS/c1-23-16(18(19,20)21)10-12(22-23)14-6-7-15(26-14)17(25)24-9-8-11-4-2-3-5-13(11)24/h2-7,10H,8-9H2,1H3. The van der Waals surface area contributed by atoms with E-state index in [-0.39, 0.29) is 11.6 Å². The summed E-state index contributed by atoms with van der Waals surface area (Å²) in [4.78, 5) is 15.5. The minimum absolute atomic E-state index is 0.141. The molecule has 1 amide bonds. The van der Waals surface area contributed by atoms with Gasteiger partial charge < -0.3 is 4.90 Å². The molecule has 1 aromatic carbocycles. The third-order valence-corrected chi connectivity index (χ3v) is 5.47. The lowest BCUT2D eigenvalue weighted by atomic mass is 10.2. The Labute approximate surface area is 151 Å². The number of rotatable bonds is 2. The average molecular weight is 377 g/mol. The molecular weight excluding hydrogens is 363 g/mol. The average Bonchev–Trinajstić information content (AvgIpc) is 3.31. The zero-order valence-corrected chi connectivity index (χ0v) is 14.6. The number of halogens is 3. The maximum Gasteiger partial charge on any atom is 0.433 e. The first-order valence-corrected chi connectivity index (χ1v) is 8.77. The number of amides is 1. The summed E-state index contributed by atoms with van der Waals surface area (Å²) in [5, 5.41) is 3.94. The number of carbonyl (C=O) groups excluding carboxylic acids is 1. The van der Waals surface area contributed by atoms with Gasteiger partial charge in [0.25, 0.3) is 5.91 Å². The number of hydrogen-bond donors (Lipinski definition) is 0. The topological polar surface area (TPSA) is 38.1 Å². The minimum Gasteiger partial charge on any atom is -0.307 e. The molecule has 0 spiro atoms. The van der Waals surface area contributed by atoms with Gasteiger partial charge in [0, 0.05) is 19.3 Å². The molecule has 0 unspecified atom stereocenters. The highest BCUT2D eigenvalue weighted by Crippen LogP contribution is 2.35. The number of anilines is 1. The van der Waals surface area contributed by atoms with Crippen LogP contribution in [0.3, 0.4) is 0 Å². The van der Waals surface area contributed by atoms with Crippen LogP contribution < -0.4 is 4.90 Å². The molecule has 26 heavy (non-hydrogen) atoms. The van der Waals surface area contributed by atoms with Crippen molar-refractivity contribution in [3.8, 4) is 10.6 Å². The predicted octanol–water partition coefficient (Wildman–Crippen LogP) is 4.37. The molecule has 0 atom stereocenters. The fraction of sp³-hybridized carbons (Fsp3) is 0.222. The molecule has 4 rings (SSSR count). The third kappa shape index (κ3) is 2.80. The summed E-state index contributed by atoms with van der Waals surface area (Å²) in [6.45, 7) is 0.604. The van der Waals surface area contributed by atoms with Crippen LogP contribution in [-0.2, 0) is 19.6 Å². The summed E-state index contributed by atoms with van der Waals surface area (Å²) in [5.74, 6) is -0.141. The van der Waals surface area contributed by atoms with E-state index in [1.165, 1.54) is 7.05 Å². The third-order valence-electron chi connectivity index (χ3n) is 4.37. The first kappa shape index (κ1) is 16.8. The number of carbonyl (C=O) groups is 1. The lowest BCUT2D eigenvalue weighted by Gasteiger charge is -2.16. The molecule has 8 heteroatoms. The van der Waals surface area contributed by atoms with Crippen LogP contribution in [0.2, 0.25) is 0 Å². The summed E-state index contributed by atoms with van der Waals surface area (Å²) in [7, 11) is 1.26. The highest BCUT2D eigenvalue weighted by molar-refractivity contribution is 7.17. The first-order chi connectivity index (χ1) is 12.3. The Kier molecular flexibility index (Phi) is 3.87. The van der Waals surface area contributed by atoms with E-state index in [4.69, 9.17) is 0 Å². The minimum atomic E-state index is -4.46. The summed E-state index contributed by atoms with van der Waals surface area (Å²) < 4.78 is 39.6. The van der Waals surface area contributed by atoms with Crippen molar-refractivity contribution in [3.63, 3.8) is 0 Å². The zero-order chi connectivity index (χ0) is 18.5. The van der Waals surface area contributed by atoms with E-state index in [1.807, 2.05) is 24.3 Å². The van der Waals surface area contributed by atoms with Crippen molar-refractivity contribution >= 4 is 22.9 Å². The quantitative estimate of drug-likeness (QED) is 0.665. The fourth-order valence-electron chi connectivity index (χ4n) is 3.13. The van der Waals surface area contributed by atoms with E-state index in [0.29, 0.717) is 16.3 Å². The van der Waals surface area contributed by atoms with Gasteiger partial charge in [-0.05, 0) is 36.2 Å². The maximum absolute atomic E-state index is 12.9. The Bertz CT molecular complexity index is 990. The molecule has 0 bridgehead atoms. The number of hydrogen-bond acceptors (Lipinski definition) is 3. The fourth-order valence-corrected chi connectivity index (χ4v) is 4.04. The van der Waals surface area contributed by atoms with Crippen molar-refractivity contribution in [3.05, 3.63) is 58.6 Å². The zero-order valence-electron chi connectivity index (χ0n) is 13.7. The number of para-hydroxylation sites is 1. The van der Waals surface area contributed by atoms with Gasteiger partial charge in [0.15, 0.2) is 0 Å². The molecule has 0 fully saturated rings. The van der Waals surface area contributed by atoms with Gasteiger partial charge in [-0.3, -0.25) is 9.48 Å². The number of aromatic nitrogens is 2. The van der Waals surface area contributed by atoms with Gasteiger partial charge in [-0.25, -0.2) is 0 Å². The van der Waals surface area contributed by atoms with Gasteiger partial charge in [-0.2, -0.15) is 18.3 Å². The van der Waals surface area contributed by atoms with Crippen LogP contribution in [0.4, 0.5) is 18.9 Å². The summed E-state index contributed by atoms with van der Waals surface area (Å²) in [6, 6.07) is 12.0. The van der Waals surface area contributed by atoms with E-state index < -0.39 is 11.9 Å². The summed E-state index contributed by atoms with van der Waals surface area (Å²) in [6.07, 6.45) is -3.66. The number of aryl methyl sites for hydroxylation is 1. The van der Waals surface area contributed by atoms with Gasteiger partial charge in [-0.15, -0.1) is 11.3 Å². The monoisotopic (exact) mass is 377 g/mol. The van der Waals surface area contributed by atoms with E-state index in [1.54, 1.807) is 17.0 Å². The molecule has 3 aromatic rings. The Morgan fingerprint density at radius 3 is 2.69 bits per heavy atom. The molecule has 1 aliphatic rings. The molecule has 0 saturated carbocycles. The van der Waals surface area contributed by atoms with Crippen LogP contribution in [0.25, 0.3) is 10.6 Å². The van der Waals surface area contributed by atoms with Crippen LogP contribution in [0.1, 0.15) is 20.9 Å². The molecule has 0 N–H and O–H groups in total. The number of alkyl halides is 3. The maximum atomic E-state index is 12.9. The van der Waals surface area contributed by atoms with Gasteiger partial charge in [0.2, 0.25) is 0 Å². The van der Waals surface area contributed by atoms with Crippen molar-refractivity contribution in [2.45, 2.75) is 12.6 Å². The van der Waals surface area contributed by atoms with Crippen LogP contribution in [0.15, 0.2) is 42.5 Å². The number of benzene rings is 1. The van der Waals surface area contributed by atoms with Crippen molar-refractivity contribution in [1.29, 1.82) is 0 Å². The van der Waals surface area contributed by atoms with Crippen LogP contribution in [-0.4, -0.2) is 22.2 Å². The first-order valence-electron chi connectivity index (χ1n) is 7.96. The van der Waals surface area contributed by atoms with Crippen LogP contribution >= 0.6 is 11.3 Å². The van der Waals surface area contributed by atoms with Gasteiger partial charge in [0.1, 0.15) is 11.4 Å². The molecule has 134 valence electrons. The van der Waals surface area contributed by atoms with Gasteiger partial charge >= 0.3 is 6.18 Å².